The van der Waals surface area contributed by atoms with Gasteiger partial charge in [-0.3, -0.25) is 19.7 Å². The van der Waals surface area contributed by atoms with E-state index in [1.165, 1.54) is 25.2 Å². The minimum absolute atomic E-state index is 0.0843. The molecule has 0 aliphatic rings. The number of hydrogen-bond donors (Lipinski definition) is 2. The largest absolute Gasteiger partial charge is 0.481 e. The van der Waals surface area contributed by atoms with E-state index in [2.05, 4.69) is 5.32 Å². The number of carboxylic acid groups (broad SMARTS) is 1. The van der Waals surface area contributed by atoms with E-state index in [4.69, 9.17) is 5.11 Å². The first-order valence-electron chi connectivity index (χ1n) is 5.30. The zero-order valence-electron chi connectivity index (χ0n) is 10.1. The van der Waals surface area contributed by atoms with Gasteiger partial charge in [-0.2, -0.15) is 0 Å². The van der Waals surface area contributed by atoms with Crippen molar-refractivity contribution in [1.82, 2.24) is 5.32 Å². The molecule has 0 bridgehead atoms. The molecule has 1 amide bonds. The molecule has 1 aromatic rings. The fourth-order valence-electron chi connectivity index (χ4n) is 1.32. The van der Waals surface area contributed by atoms with Gasteiger partial charge in [0.1, 0.15) is 0 Å². The van der Waals surface area contributed by atoms with Crippen LogP contribution in [0.25, 0.3) is 0 Å². The van der Waals surface area contributed by atoms with Crippen LogP contribution in [0.5, 0.6) is 0 Å². The average molecular weight is 284 g/mol. The van der Waals surface area contributed by atoms with Crippen molar-refractivity contribution in [3.8, 4) is 0 Å². The Morgan fingerprint density at radius 3 is 2.68 bits per heavy atom. The van der Waals surface area contributed by atoms with Gasteiger partial charge in [0.15, 0.2) is 0 Å². The summed E-state index contributed by atoms with van der Waals surface area (Å²) in [5.74, 6) is -1.14. The van der Waals surface area contributed by atoms with Gasteiger partial charge in [-0.05, 0) is 12.1 Å². The molecule has 0 aliphatic heterocycles. The number of thioether (sulfide) groups is 1. The first kappa shape index (κ1) is 15.0. The van der Waals surface area contributed by atoms with Crippen LogP contribution in [0.2, 0.25) is 0 Å². The van der Waals surface area contributed by atoms with Gasteiger partial charge in [-0.25, -0.2) is 0 Å². The second-order valence-corrected chi connectivity index (χ2v) is 4.65. The fraction of sp³-hybridized carbons (Fsp3) is 0.273. The summed E-state index contributed by atoms with van der Waals surface area (Å²) in [7, 11) is 1.43. The van der Waals surface area contributed by atoms with E-state index >= 15 is 0 Å². The lowest BCUT2D eigenvalue weighted by Crippen LogP contribution is -2.17. The highest BCUT2D eigenvalue weighted by Crippen LogP contribution is 2.30. The van der Waals surface area contributed by atoms with Gasteiger partial charge in [0, 0.05) is 24.4 Å². The molecule has 0 fully saturated rings. The number of carbonyl (C=O) groups is 2. The number of aliphatic carboxylic acids is 1. The predicted octanol–water partition coefficient (Wildman–Crippen LogP) is 1.52. The summed E-state index contributed by atoms with van der Waals surface area (Å²) >= 11 is 1.08. The van der Waals surface area contributed by atoms with E-state index in [9.17, 15) is 19.7 Å². The van der Waals surface area contributed by atoms with Gasteiger partial charge in [-0.15, -0.1) is 11.8 Å². The number of nitro benzene ring substituents is 1. The Bertz CT molecular complexity index is 518. The SMILES string of the molecule is CNC(=O)c1ccc(SCCC(=O)O)c([N+](=O)[O-])c1. The van der Waals surface area contributed by atoms with Crippen molar-refractivity contribution in [3.63, 3.8) is 0 Å². The molecule has 8 heteroatoms. The molecule has 1 rings (SSSR count). The van der Waals surface area contributed by atoms with Gasteiger partial charge in [0.05, 0.1) is 16.2 Å². The summed E-state index contributed by atoms with van der Waals surface area (Å²) in [5, 5.41) is 21.8. The highest BCUT2D eigenvalue weighted by atomic mass is 32.2. The number of benzene rings is 1. The summed E-state index contributed by atoms with van der Waals surface area (Å²) in [6, 6.07) is 4.10. The molecule has 1 aromatic carbocycles. The average Bonchev–Trinajstić information content (AvgIpc) is 2.37. The zero-order chi connectivity index (χ0) is 14.4. The molecular weight excluding hydrogens is 272 g/mol. The molecule has 19 heavy (non-hydrogen) atoms. The van der Waals surface area contributed by atoms with Crippen LogP contribution in [0.4, 0.5) is 5.69 Å². The van der Waals surface area contributed by atoms with E-state index in [-0.39, 0.29) is 23.4 Å². The van der Waals surface area contributed by atoms with Crippen LogP contribution in [-0.2, 0) is 4.79 Å². The standard InChI is InChI=1S/C11H12N2O5S/c1-12-11(16)7-2-3-9(8(6-7)13(17)18)19-5-4-10(14)15/h2-3,6H,4-5H2,1H3,(H,12,16)(H,14,15). The Labute approximate surface area is 113 Å². The molecule has 0 aromatic heterocycles. The quantitative estimate of drug-likeness (QED) is 0.465. The first-order chi connectivity index (χ1) is 8.95. The molecule has 7 nitrogen and oxygen atoms in total. The molecule has 0 heterocycles. The lowest BCUT2D eigenvalue weighted by molar-refractivity contribution is -0.387. The maximum Gasteiger partial charge on any atom is 0.304 e. The number of hydrogen-bond acceptors (Lipinski definition) is 5. The maximum atomic E-state index is 11.4. The Balaban J connectivity index is 2.95. The van der Waals surface area contributed by atoms with Crippen molar-refractivity contribution >= 4 is 29.3 Å². The Morgan fingerprint density at radius 2 is 2.16 bits per heavy atom. The van der Waals surface area contributed by atoms with Gasteiger partial charge in [-0.1, -0.05) is 0 Å². The van der Waals surface area contributed by atoms with Crippen LogP contribution in [0, 0.1) is 10.1 Å². The van der Waals surface area contributed by atoms with Gasteiger partial charge in [0.2, 0.25) is 0 Å². The molecule has 102 valence electrons. The third-order valence-corrected chi connectivity index (χ3v) is 3.28. The van der Waals surface area contributed by atoms with Crippen LogP contribution in [-0.4, -0.2) is 34.7 Å². The van der Waals surface area contributed by atoms with Crippen LogP contribution in [0.15, 0.2) is 23.1 Å². The summed E-state index contributed by atoms with van der Waals surface area (Å²) < 4.78 is 0. The molecule has 0 atom stereocenters. The monoisotopic (exact) mass is 284 g/mol. The highest BCUT2D eigenvalue weighted by Gasteiger charge is 2.17. The summed E-state index contributed by atoms with van der Waals surface area (Å²) in [6.45, 7) is 0. The van der Waals surface area contributed by atoms with E-state index < -0.39 is 16.8 Å². The van der Waals surface area contributed by atoms with Crippen LogP contribution >= 0.6 is 11.8 Å². The molecule has 0 saturated heterocycles. The molecule has 0 unspecified atom stereocenters. The third kappa shape index (κ3) is 4.25. The number of carbonyl (C=O) groups excluding carboxylic acids is 1. The van der Waals surface area contributed by atoms with Gasteiger partial charge < -0.3 is 10.4 Å². The van der Waals surface area contributed by atoms with Gasteiger partial charge in [0.25, 0.3) is 11.6 Å². The van der Waals surface area contributed by atoms with Gasteiger partial charge >= 0.3 is 5.97 Å². The van der Waals surface area contributed by atoms with Crippen molar-refractivity contribution in [2.24, 2.45) is 0 Å². The number of nitrogens with zero attached hydrogens (tertiary/aromatic N) is 1. The van der Waals surface area contributed by atoms with E-state index in [0.717, 1.165) is 11.8 Å². The molecule has 0 radical (unpaired) electrons. The minimum atomic E-state index is -0.961. The predicted molar refractivity (Wildman–Crippen MR) is 69.5 cm³/mol. The topological polar surface area (TPSA) is 110 Å². The highest BCUT2D eigenvalue weighted by molar-refractivity contribution is 7.99. The van der Waals surface area contributed by atoms with Crippen LogP contribution in [0.3, 0.4) is 0 Å². The number of amides is 1. The Morgan fingerprint density at radius 1 is 1.47 bits per heavy atom. The van der Waals surface area contributed by atoms with Crippen molar-refractivity contribution in [1.29, 1.82) is 0 Å². The lowest BCUT2D eigenvalue weighted by Gasteiger charge is -2.04. The van der Waals surface area contributed by atoms with Crippen molar-refractivity contribution in [2.45, 2.75) is 11.3 Å². The van der Waals surface area contributed by atoms with E-state index in [1.54, 1.807) is 0 Å². The van der Waals surface area contributed by atoms with Crippen LogP contribution in [0.1, 0.15) is 16.8 Å². The van der Waals surface area contributed by atoms with Crippen molar-refractivity contribution in [2.75, 3.05) is 12.8 Å². The van der Waals surface area contributed by atoms with E-state index in [0.29, 0.717) is 4.90 Å². The van der Waals surface area contributed by atoms with E-state index in [1.807, 2.05) is 0 Å². The first-order valence-corrected chi connectivity index (χ1v) is 6.29. The zero-order valence-corrected chi connectivity index (χ0v) is 10.9. The summed E-state index contributed by atoms with van der Waals surface area (Å²) in [6.07, 6.45) is -0.0843. The minimum Gasteiger partial charge on any atom is -0.481 e. The molecule has 0 aliphatic carbocycles. The lowest BCUT2D eigenvalue weighted by atomic mass is 10.2. The Kier molecular flexibility index (Phi) is 5.31. The second kappa shape index (κ2) is 6.74. The molecule has 0 spiro atoms. The summed E-state index contributed by atoms with van der Waals surface area (Å²) in [4.78, 5) is 32.5. The number of nitro groups is 1. The molecule has 2 N–H and O–H groups in total. The number of nitrogens with one attached hydrogen (secondary N) is 1. The number of carboxylic acids is 1. The fourth-order valence-corrected chi connectivity index (χ4v) is 2.26. The van der Waals surface area contributed by atoms with Crippen LogP contribution < -0.4 is 5.32 Å². The second-order valence-electron chi connectivity index (χ2n) is 3.51. The molecular formula is C11H12N2O5S. The normalized spacial score (nSPS) is 9.95. The molecule has 0 saturated carbocycles. The van der Waals surface area contributed by atoms with Crippen molar-refractivity contribution < 1.29 is 19.6 Å². The number of rotatable bonds is 6. The van der Waals surface area contributed by atoms with Crippen molar-refractivity contribution in [3.05, 3.63) is 33.9 Å². The third-order valence-electron chi connectivity index (χ3n) is 2.22. The summed E-state index contributed by atoms with van der Waals surface area (Å²) in [5.41, 5.74) is -0.00623. The Hall–Kier alpha value is -2.09. The smallest absolute Gasteiger partial charge is 0.304 e. The maximum absolute atomic E-state index is 11.4.